The van der Waals surface area contributed by atoms with Crippen molar-refractivity contribution in [1.82, 2.24) is 19.9 Å². The number of rotatable bonds is 5. The van der Waals surface area contributed by atoms with Gasteiger partial charge < -0.3 is 14.8 Å². The molecule has 3 rings (SSSR count). The fourth-order valence-corrected chi connectivity index (χ4v) is 3.21. The summed E-state index contributed by atoms with van der Waals surface area (Å²) < 4.78 is 12.4. The third kappa shape index (κ3) is 4.62. The standard InChI is InChI=1S/C19H26ClN5O4/c1-6-28-13-8-7-12(13)22-17(26)11-10-21-25-15(9-14(20)23-16(11)25)24(5)18(27)29-19(2,3)4/h9-10,12-13H,6-8H2,1-5H3,(H,22,26)/t12-,13-/m1/s1. The van der Waals surface area contributed by atoms with Gasteiger partial charge in [0.15, 0.2) is 5.65 Å². The van der Waals surface area contributed by atoms with Crippen LogP contribution in [0, 0.1) is 0 Å². The van der Waals surface area contributed by atoms with E-state index in [1.54, 1.807) is 27.8 Å². The van der Waals surface area contributed by atoms with E-state index >= 15 is 0 Å². The van der Waals surface area contributed by atoms with Crippen LogP contribution in [0.25, 0.3) is 5.65 Å². The molecule has 29 heavy (non-hydrogen) atoms. The SMILES string of the molecule is CCO[C@@H]1CC[C@H]1NC(=O)c1cnn2c(N(C)C(=O)OC(C)(C)C)cc(Cl)nc12. The van der Waals surface area contributed by atoms with E-state index < -0.39 is 11.7 Å². The molecule has 2 aromatic heterocycles. The Bertz CT molecular complexity index is 923. The maximum Gasteiger partial charge on any atom is 0.415 e. The molecule has 0 spiro atoms. The first-order chi connectivity index (χ1) is 13.6. The first-order valence-electron chi connectivity index (χ1n) is 9.54. The molecule has 2 heterocycles. The van der Waals surface area contributed by atoms with Crippen LogP contribution in [0.4, 0.5) is 10.6 Å². The molecule has 9 nitrogen and oxygen atoms in total. The Balaban J connectivity index is 1.87. The lowest BCUT2D eigenvalue weighted by atomic mass is 9.89. The van der Waals surface area contributed by atoms with Gasteiger partial charge in [-0.3, -0.25) is 9.69 Å². The topological polar surface area (TPSA) is 98.1 Å². The quantitative estimate of drug-likeness (QED) is 0.742. The molecule has 1 fully saturated rings. The van der Waals surface area contributed by atoms with Gasteiger partial charge in [0.1, 0.15) is 22.1 Å². The Kier molecular flexibility index (Phi) is 6.00. The van der Waals surface area contributed by atoms with E-state index in [2.05, 4.69) is 15.4 Å². The summed E-state index contributed by atoms with van der Waals surface area (Å²) in [7, 11) is 1.54. The lowest BCUT2D eigenvalue weighted by molar-refractivity contribution is -0.0180. The van der Waals surface area contributed by atoms with Crippen molar-refractivity contribution in [2.75, 3.05) is 18.6 Å². The molecule has 158 valence electrons. The van der Waals surface area contributed by atoms with Gasteiger partial charge in [0.25, 0.3) is 5.91 Å². The van der Waals surface area contributed by atoms with E-state index in [-0.39, 0.29) is 34.4 Å². The summed E-state index contributed by atoms with van der Waals surface area (Å²) >= 11 is 6.17. The van der Waals surface area contributed by atoms with Crippen LogP contribution in [0.1, 0.15) is 50.9 Å². The summed E-state index contributed by atoms with van der Waals surface area (Å²) in [5.74, 6) is 0.0270. The maximum atomic E-state index is 12.8. The van der Waals surface area contributed by atoms with E-state index in [4.69, 9.17) is 21.1 Å². The van der Waals surface area contributed by atoms with Gasteiger partial charge >= 0.3 is 6.09 Å². The van der Waals surface area contributed by atoms with Crippen LogP contribution in [0.5, 0.6) is 0 Å². The Hall–Kier alpha value is -2.39. The highest BCUT2D eigenvalue weighted by Crippen LogP contribution is 2.26. The normalized spacial score (nSPS) is 19.0. The number of anilines is 1. The third-order valence-electron chi connectivity index (χ3n) is 4.59. The largest absolute Gasteiger partial charge is 0.443 e. The Morgan fingerprint density at radius 2 is 2.10 bits per heavy atom. The van der Waals surface area contributed by atoms with Gasteiger partial charge in [0.05, 0.1) is 18.3 Å². The zero-order valence-corrected chi connectivity index (χ0v) is 18.0. The number of amides is 2. The zero-order valence-electron chi connectivity index (χ0n) is 17.2. The van der Waals surface area contributed by atoms with E-state index in [0.29, 0.717) is 12.4 Å². The molecule has 1 saturated carbocycles. The second-order valence-electron chi connectivity index (χ2n) is 7.92. The van der Waals surface area contributed by atoms with Crippen molar-refractivity contribution in [3.8, 4) is 0 Å². The van der Waals surface area contributed by atoms with Gasteiger partial charge in [-0.2, -0.15) is 9.61 Å². The minimum absolute atomic E-state index is 0.0243. The monoisotopic (exact) mass is 423 g/mol. The van der Waals surface area contributed by atoms with Crippen LogP contribution in [-0.4, -0.2) is 58.0 Å². The van der Waals surface area contributed by atoms with E-state index in [1.165, 1.54) is 21.7 Å². The number of halogens is 1. The molecule has 0 aromatic carbocycles. The molecule has 0 unspecified atom stereocenters. The number of hydrogen-bond acceptors (Lipinski definition) is 6. The smallest absolute Gasteiger partial charge is 0.415 e. The fourth-order valence-electron chi connectivity index (χ4n) is 3.04. The van der Waals surface area contributed by atoms with Crippen molar-refractivity contribution in [3.63, 3.8) is 0 Å². The third-order valence-corrected chi connectivity index (χ3v) is 4.78. The average Bonchev–Trinajstić information content (AvgIpc) is 3.04. The van der Waals surface area contributed by atoms with Crippen molar-refractivity contribution >= 4 is 35.1 Å². The summed E-state index contributed by atoms with van der Waals surface area (Å²) in [6.07, 6.45) is 2.64. The number of carbonyl (C=O) groups is 2. The molecule has 0 radical (unpaired) electrons. The van der Waals surface area contributed by atoms with Crippen LogP contribution >= 0.6 is 11.6 Å². The molecule has 0 saturated heterocycles. The van der Waals surface area contributed by atoms with Gasteiger partial charge in [0.2, 0.25) is 0 Å². The highest BCUT2D eigenvalue weighted by molar-refractivity contribution is 6.30. The predicted octanol–water partition coefficient (Wildman–Crippen LogP) is 3.05. The van der Waals surface area contributed by atoms with Crippen molar-refractivity contribution in [2.24, 2.45) is 0 Å². The summed E-state index contributed by atoms with van der Waals surface area (Å²) in [6.45, 7) is 7.86. The molecule has 10 heteroatoms. The minimum atomic E-state index is -0.656. The second kappa shape index (κ2) is 8.16. The maximum absolute atomic E-state index is 12.8. The average molecular weight is 424 g/mol. The Morgan fingerprint density at radius 3 is 2.69 bits per heavy atom. The van der Waals surface area contributed by atoms with E-state index in [1.807, 2.05) is 6.92 Å². The van der Waals surface area contributed by atoms with Gasteiger partial charge in [-0.15, -0.1) is 0 Å². The fraction of sp³-hybridized carbons (Fsp3) is 0.579. The first kappa shape index (κ1) is 21.3. The van der Waals surface area contributed by atoms with E-state index in [9.17, 15) is 9.59 Å². The summed E-state index contributed by atoms with van der Waals surface area (Å²) in [5, 5.41) is 7.34. The summed E-state index contributed by atoms with van der Waals surface area (Å²) in [4.78, 5) is 30.7. The second-order valence-corrected chi connectivity index (χ2v) is 8.31. The molecule has 0 bridgehead atoms. The van der Waals surface area contributed by atoms with Gasteiger partial charge in [0, 0.05) is 19.7 Å². The van der Waals surface area contributed by atoms with Gasteiger partial charge in [-0.25, -0.2) is 9.78 Å². The summed E-state index contributed by atoms with van der Waals surface area (Å²) in [6, 6.07) is 1.45. The number of nitrogens with one attached hydrogen (secondary N) is 1. The number of nitrogens with zero attached hydrogens (tertiary/aromatic N) is 4. The molecule has 1 aliphatic rings. The molecule has 1 N–H and O–H groups in total. The predicted molar refractivity (Wildman–Crippen MR) is 109 cm³/mol. The lowest BCUT2D eigenvalue weighted by Gasteiger charge is -2.36. The highest BCUT2D eigenvalue weighted by atomic mass is 35.5. The number of hydrogen-bond donors (Lipinski definition) is 1. The molecule has 2 aromatic rings. The van der Waals surface area contributed by atoms with Crippen LogP contribution in [0.3, 0.4) is 0 Å². The van der Waals surface area contributed by atoms with Crippen LogP contribution in [0.2, 0.25) is 5.15 Å². The minimum Gasteiger partial charge on any atom is -0.443 e. The van der Waals surface area contributed by atoms with Crippen LogP contribution in [-0.2, 0) is 9.47 Å². The molecule has 0 aliphatic heterocycles. The Labute approximate surface area is 174 Å². The molecule has 2 atom stereocenters. The molecule has 2 amide bonds. The van der Waals surface area contributed by atoms with Crippen molar-refractivity contribution in [2.45, 2.75) is 58.3 Å². The van der Waals surface area contributed by atoms with Gasteiger partial charge in [-0.1, -0.05) is 11.6 Å². The van der Waals surface area contributed by atoms with E-state index in [0.717, 1.165) is 12.8 Å². The van der Waals surface area contributed by atoms with Crippen LogP contribution < -0.4 is 10.2 Å². The van der Waals surface area contributed by atoms with Crippen molar-refractivity contribution < 1.29 is 19.1 Å². The van der Waals surface area contributed by atoms with Gasteiger partial charge in [-0.05, 0) is 40.5 Å². The number of carbonyl (C=O) groups excluding carboxylic acids is 2. The number of fused-ring (bicyclic) bond motifs is 1. The molecular weight excluding hydrogens is 398 g/mol. The van der Waals surface area contributed by atoms with Crippen molar-refractivity contribution in [1.29, 1.82) is 0 Å². The zero-order chi connectivity index (χ0) is 21.3. The van der Waals surface area contributed by atoms with Crippen molar-refractivity contribution in [3.05, 3.63) is 23.0 Å². The molecule has 1 aliphatic carbocycles. The first-order valence-corrected chi connectivity index (χ1v) is 9.92. The Morgan fingerprint density at radius 1 is 1.38 bits per heavy atom. The highest BCUT2D eigenvalue weighted by Gasteiger charge is 2.33. The lowest BCUT2D eigenvalue weighted by Crippen LogP contribution is -2.51. The summed E-state index contributed by atoms with van der Waals surface area (Å²) in [5.41, 5.74) is -0.128. The molecular formula is C19H26ClN5O4. The number of ether oxygens (including phenoxy) is 2. The van der Waals surface area contributed by atoms with Crippen LogP contribution in [0.15, 0.2) is 12.3 Å². The number of aromatic nitrogens is 3.